The molecule has 0 aliphatic carbocycles. The standard InChI is InChI=1S/C21H22N5O8P/c1-30-20(28)13-5-3-2-4-12(13)8-31-35(29)32-9-15-17(34-35)18(27)21(10-22,33-15)16-7-6-14-19(23)24-11-25-26(14)16/h2-7,11,15,17-18,27,29,35H,8-9H2,1H3,(H2,23,24,25)/t15-,17-,18-,21+/m1/s1. The molecule has 13 nitrogen and oxygen atoms in total. The molecule has 2 saturated heterocycles. The Morgan fingerprint density at radius 3 is 2.97 bits per heavy atom. The van der Waals surface area contributed by atoms with Gasteiger partial charge in [0.1, 0.15) is 0 Å². The summed E-state index contributed by atoms with van der Waals surface area (Å²) < 4.78 is 28.8. The molecule has 0 bridgehead atoms. The predicted octanol–water partition coefficient (Wildman–Crippen LogP) is 0.611. The Morgan fingerprint density at radius 1 is 1.40 bits per heavy atom. The Bertz CT molecular complexity index is 1330. The van der Waals surface area contributed by atoms with Crippen LogP contribution in [0.25, 0.3) is 5.52 Å². The fourth-order valence-electron chi connectivity index (χ4n) is 4.27. The van der Waals surface area contributed by atoms with Gasteiger partial charge in [-0.15, -0.1) is 0 Å². The molecule has 5 rings (SSSR count). The molecule has 4 N–H and O–H groups in total. The van der Waals surface area contributed by atoms with Crippen LogP contribution in [0.15, 0.2) is 42.7 Å². The van der Waals surface area contributed by atoms with Crippen molar-refractivity contribution in [2.45, 2.75) is 30.5 Å². The first-order valence-electron chi connectivity index (χ1n) is 10.5. The van der Waals surface area contributed by atoms with E-state index in [1.165, 1.54) is 18.0 Å². The molecule has 4 heterocycles. The second kappa shape index (κ2) is 8.78. The van der Waals surface area contributed by atoms with Crippen LogP contribution < -0.4 is 5.73 Å². The van der Waals surface area contributed by atoms with Crippen molar-refractivity contribution < 1.29 is 37.8 Å². The van der Waals surface area contributed by atoms with Crippen molar-refractivity contribution in [3.8, 4) is 6.07 Å². The molecule has 2 aliphatic rings. The molecular weight excluding hydrogens is 481 g/mol. The number of methoxy groups -OCH3 is 1. The number of rotatable bonds is 5. The number of carbonyl (C=O) groups is 1. The molecule has 2 aromatic heterocycles. The zero-order valence-corrected chi connectivity index (χ0v) is 19.4. The number of nitriles is 1. The number of ether oxygens (including phenoxy) is 2. The first kappa shape index (κ1) is 23.5. The Morgan fingerprint density at radius 2 is 2.20 bits per heavy atom. The monoisotopic (exact) mass is 503 g/mol. The van der Waals surface area contributed by atoms with Crippen LogP contribution in [0.5, 0.6) is 0 Å². The SMILES string of the molecule is COC(=O)c1ccccc1CO[PH]1(O)OC[C@H]2O[C@@](C#N)(c3ccc4c(N)ncnn34)[C@H](O)[C@@H]2O1. The quantitative estimate of drug-likeness (QED) is 0.326. The molecule has 0 unspecified atom stereocenters. The third-order valence-electron chi connectivity index (χ3n) is 6.01. The van der Waals surface area contributed by atoms with Gasteiger partial charge in [-0.1, -0.05) is 0 Å². The second-order valence-corrected chi connectivity index (χ2v) is 9.83. The number of fused-ring (bicyclic) bond motifs is 2. The van der Waals surface area contributed by atoms with E-state index in [1.807, 2.05) is 6.07 Å². The van der Waals surface area contributed by atoms with Gasteiger partial charge in [-0.25, -0.2) is 0 Å². The van der Waals surface area contributed by atoms with Crippen molar-refractivity contribution in [3.05, 3.63) is 59.5 Å². The molecular formula is C21H22N5O8P. The van der Waals surface area contributed by atoms with Crippen molar-refractivity contribution in [1.82, 2.24) is 14.6 Å². The van der Waals surface area contributed by atoms with E-state index in [0.717, 1.165) is 0 Å². The Hall–Kier alpha value is -3.21. The Balaban J connectivity index is 1.39. The first-order valence-corrected chi connectivity index (χ1v) is 12.2. The summed E-state index contributed by atoms with van der Waals surface area (Å²) >= 11 is 0. The van der Waals surface area contributed by atoms with Crippen LogP contribution in [0.3, 0.4) is 0 Å². The van der Waals surface area contributed by atoms with E-state index in [0.29, 0.717) is 11.1 Å². The molecule has 1 aromatic carbocycles. The zero-order chi connectivity index (χ0) is 24.8. The van der Waals surface area contributed by atoms with Gasteiger partial charge in [-0.2, -0.15) is 0 Å². The molecule has 3 aromatic rings. The van der Waals surface area contributed by atoms with Crippen molar-refractivity contribution in [2.75, 3.05) is 19.5 Å². The maximum atomic E-state index is 12.0. The summed E-state index contributed by atoms with van der Waals surface area (Å²) in [5.41, 5.74) is 5.35. The summed E-state index contributed by atoms with van der Waals surface area (Å²) in [6, 6.07) is 11.7. The number of aromatic nitrogens is 3. The second-order valence-electron chi connectivity index (χ2n) is 7.96. The number of carbonyl (C=O) groups excluding carboxylic acids is 1. The summed E-state index contributed by atoms with van der Waals surface area (Å²) in [5, 5.41) is 25.4. The molecule has 0 amide bonds. The number of esters is 1. The molecule has 0 radical (unpaired) electrons. The van der Waals surface area contributed by atoms with Crippen molar-refractivity contribution in [2.24, 2.45) is 0 Å². The molecule has 35 heavy (non-hydrogen) atoms. The van der Waals surface area contributed by atoms with Crippen LogP contribution in [0.2, 0.25) is 0 Å². The van der Waals surface area contributed by atoms with E-state index in [-0.39, 0.29) is 30.3 Å². The summed E-state index contributed by atoms with van der Waals surface area (Å²) in [4.78, 5) is 26.8. The molecule has 14 heteroatoms. The fraction of sp³-hybridized carbons (Fsp3) is 0.333. The van der Waals surface area contributed by atoms with E-state index in [9.17, 15) is 20.1 Å². The van der Waals surface area contributed by atoms with Crippen molar-refractivity contribution >= 4 is 25.5 Å². The molecule has 4 atom stereocenters. The summed E-state index contributed by atoms with van der Waals surface area (Å²) in [5.74, 6) is -0.378. The molecule has 0 spiro atoms. The number of hydrogen-bond donors (Lipinski definition) is 3. The van der Waals surface area contributed by atoms with Crippen LogP contribution in [-0.2, 0) is 35.3 Å². The number of nitrogen functional groups attached to an aromatic ring is 1. The van der Waals surface area contributed by atoms with Gasteiger partial charge < -0.3 is 0 Å². The van der Waals surface area contributed by atoms with Gasteiger partial charge in [0, 0.05) is 0 Å². The van der Waals surface area contributed by atoms with Crippen LogP contribution in [-0.4, -0.2) is 62.6 Å². The third-order valence-corrected chi connectivity index (χ3v) is 7.62. The summed E-state index contributed by atoms with van der Waals surface area (Å²) in [7, 11) is -3.03. The topological polar surface area (TPSA) is 184 Å². The predicted molar refractivity (Wildman–Crippen MR) is 119 cm³/mol. The third kappa shape index (κ3) is 3.81. The van der Waals surface area contributed by atoms with E-state index >= 15 is 0 Å². The fourth-order valence-corrected chi connectivity index (χ4v) is 5.83. The normalized spacial score (nSPS) is 28.2. The number of benzene rings is 1. The van der Waals surface area contributed by atoms with Crippen molar-refractivity contribution in [3.63, 3.8) is 0 Å². The average molecular weight is 503 g/mol. The van der Waals surface area contributed by atoms with E-state index in [2.05, 4.69) is 10.1 Å². The Kier molecular flexibility index (Phi) is 5.90. The first-order chi connectivity index (χ1) is 16.8. The number of aliphatic hydroxyl groups excluding tert-OH is 1. The van der Waals surface area contributed by atoms with E-state index in [1.54, 1.807) is 36.4 Å². The van der Waals surface area contributed by atoms with Gasteiger partial charge in [-0.05, 0) is 0 Å². The van der Waals surface area contributed by atoms with Crippen LogP contribution in [0.1, 0.15) is 21.6 Å². The summed E-state index contributed by atoms with van der Waals surface area (Å²) in [6.45, 7) is -0.418. The number of anilines is 1. The molecule has 184 valence electrons. The zero-order valence-electron chi connectivity index (χ0n) is 18.4. The molecule has 2 fully saturated rings. The molecule has 2 aliphatic heterocycles. The van der Waals surface area contributed by atoms with Crippen LogP contribution in [0, 0.1) is 11.3 Å². The van der Waals surface area contributed by atoms with Gasteiger partial charge in [0.2, 0.25) is 0 Å². The maximum absolute atomic E-state index is 12.0. The summed E-state index contributed by atoms with van der Waals surface area (Å²) in [6.07, 6.45) is -2.33. The van der Waals surface area contributed by atoms with Crippen LogP contribution in [0.4, 0.5) is 5.82 Å². The van der Waals surface area contributed by atoms with Gasteiger partial charge >= 0.3 is 199 Å². The van der Waals surface area contributed by atoms with Crippen LogP contribution >= 0.6 is 8.17 Å². The number of nitrogens with zero attached hydrogens (tertiary/aromatic N) is 4. The van der Waals surface area contributed by atoms with E-state index in [4.69, 9.17) is 28.8 Å². The Labute approximate surface area is 199 Å². The van der Waals surface area contributed by atoms with Gasteiger partial charge in [-0.3, -0.25) is 0 Å². The van der Waals surface area contributed by atoms with Gasteiger partial charge in [0.15, 0.2) is 0 Å². The number of hydrogen-bond acceptors (Lipinski definition) is 12. The minimum absolute atomic E-state index is 0.186. The van der Waals surface area contributed by atoms with Gasteiger partial charge in [0.25, 0.3) is 0 Å². The van der Waals surface area contributed by atoms with Gasteiger partial charge in [0.05, 0.1) is 0 Å². The number of aliphatic hydroxyl groups is 1. The molecule has 0 saturated carbocycles. The minimum atomic E-state index is -4.29. The average Bonchev–Trinajstić information content (AvgIpc) is 3.43. The number of nitrogens with two attached hydrogens (primary N) is 1. The van der Waals surface area contributed by atoms with Crippen molar-refractivity contribution in [1.29, 1.82) is 5.26 Å². The van der Waals surface area contributed by atoms with E-state index < -0.39 is 38.1 Å².